The Hall–Kier alpha value is -0.943. The second-order valence-corrected chi connectivity index (χ2v) is 7.41. The molecule has 0 fully saturated rings. The number of hydrogen-bond donors (Lipinski definition) is 0. The zero-order valence-corrected chi connectivity index (χ0v) is 14.5. The molecule has 1 aliphatic carbocycles. The van der Waals surface area contributed by atoms with E-state index in [1.54, 1.807) is 0 Å². The summed E-state index contributed by atoms with van der Waals surface area (Å²) in [6.45, 7) is 8.27. The third-order valence-electron chi connectivity index (χ3n) is 2.84. The lowest BCUT2D eigenvalue weighted by molar-refractivity contribution is 0.0692. The van der Waals surface area contributed by atoms with Gasteiger partial charge in [0.25, 0.3) is 0 Å². The van der Waals surface area contributed by atoms with Gasteiger partial charge in [0, 0.05) is 25.0 Å². The van der Waals surface area contributed by atoms with Crippen LogP contribution in [0, 0.1) is 0 Å². The van der Waals surface area contributed by atoms with Gasteiger partial charge in [0.2, 0.25) is 0 Å². The van der Waals surface area contributed by atoms with E-state index in [4.69, 9.17) is 13.3 Å². The number of allylic oxidation sites excluding steroid dienone is 8. The van der Waals surface area contributed by atoms with Crippen molar-refractivity contribution < 1.29 is 13.3 Å². The summed E-state index contributed by atoms with van der Waals surface area (Å²) in [5.74, 6) is 0. The molecule has 0 saturated heterocycles. The molecule has 0 aliphatic heterocycles. The smallest absolute Gasteiger partial charge is 0.370 e. The van der Waals surface area contributed by atoms with E-state index < -0.39 is 8.80 Å². The maximum absolute atomic E-state index is 6.14. The minimum absolute atomic E-state index is 0.657. The van der Waals surface area contributed by atoms with Crippen molar-refractivity contribution in [1.29, 1.82) is 0 Å². The van der Waals surface area contributed by atoms with Gasteiger partial charge in [-0.05, 0) is 19.3 Å². The Bertz CT molecular complexity index is 375. The second-order valence-electron chi connectivity index (χ2n) is 4.85. The molecule has 4 heteroatoms. The molecule has 0 heterocycles. The minimum Gasteiger partial charge on any atom is -0.370 e. The third-order valence-corrected chi connectivity index (χ3v) is 5.63. The lowest BCUT2D eigenvalue weighted by atomic mass is 10.3. The summed E-state index contributed by atoms with van der Waals surface area (Å²) in [5.41, 5.74) is 0. The van der Waals surface area contributed by atoms with Gasteiger partial charge in [-0.15, -0.1) is 0 Å². The third kappa shape index (κ3) is 6.14. The number of rotatable bonds is 10. The van der Waals surface area contributed by atoms with Crippen molar-refractivity contribution in [2.24, 2.45) is 0 Å². The molecule has 0 radical (unpaired) electrons. The van der Waals surface area contributed by atoms with Crippen LogP contribution in [0.3, 0.4) is 0 Å². The maximum Gasteiger partial charge on any atom is 0.537 e. The zero-order chi connectivity index (χ0) is 15.4. The predicted octanol–water partition coefficient (Wildman–Crippen LogP) is 4.35. The number of hydrogen-bond acceptors (Lipinski definition) is 3. The van der Waals surface area contributed by atoms with Crippen LogP contribution >= 0.6 is 0 Å². The fraction of sp³-hybridized carbons (Fsp3) is 0.529. The minimum atomic E-state index is -2.82. The van der Waals surface area contributed by atoms with Gasteiger partial charge in [-0.3, -0.25) is 0 Å². The molecule has 0 unspecified atom stereocenters. The Morgan fingerprint density at radius 1 is 0.714 bits per heavy atom. The van der Waals surface area contributed by atoms with Crippen molar-refractivity contribution in [2.45, 2.75) is 40.0 Å². The molecule has 0 aromatic carbocycles. The normalized spacial score (nSPS) is 22.0. The van der Waals surface area contributed by atoms with Gasteiger partial charge in [0.1, 0.15) is 0 Å². The summed E-state index contributed by atoms with van der Waals surface area (Å²) < 4.78 is 18.4. The first kappa shape index (κ1) is 18.1. The molecule has 0 saturated carbocycles. The predicted molar refractivity (Wildman–Crippen MR) is 90.0 cm³/mol. The summed E-state index contributed by atoms with van der Waals surface area (Å²) in [6.07, 6.45) is 17.0. The summed E-state index contributed by atoms with van der Waals surface area (Å²) >= 11 is 0. The Labute approximate surface area is 130 Å². The van der Waals surface area contributed by atoms with E-state index >= 15 is 0 Å². The van der Waals surface area contributed by atoms with Crippen molar-refractivity contribution in [3.63, 3.8) is 0 Å². The first-order valence-corrected chi connectivity index (χ1v) is 9.65. The highest BCUT2D eigenvalue weighted by Crippen LogP contribution is 2.23. The Morgan fingerprint density at radius 2 is 1.19 bits per heavy atom. The van der Waals surface area contributed by atoms with Crippen LogP contribution in [0.2, 0.25) is 0 Å². The SMILES string of the molecule is CCCO[Si](OCCC)(OCCC)C1=C/C=C\C=C/C=C\1. The largest absolute Gasteiger partial charge is 0.537 e. The molecule has 0 N–H and O–H groups in total. The monoisotopic (exact) mass is 308 g/mol. The van der Waals surface area contributed by atoms with Crippen LogP contribution in [-0.2, 0) is 13.3 Å². The lowest BCUT2D eigenvalue weighted by Gasteiger charge is -2.30. The summed E-state index contributed by atoms with van der Waals surface area (Å²) in [7, 11) is -2.82. The molecule has 0 atom stereocenters. The lowest BCUT2D eigenvalue weighted by Crippen LogP contribution is -2.48. The van der Waals surface area contributed by atoms with Crippen molar-refractivity contribution in [2.75, 3.05) is 19.8 Å². The average Bonchev–Trinajstić information content (AvgIpc) is 2.47. The van der Waals surface area contributed by atoms with Crippen LogP contribution in [0.4, 0.5) is 0 Å². The van der Waals surface area contributed by atoms with E-state index in [0.717, 1.165) is 24.5 Å². The molecule has 118 valence electrons. The molecule has 1 aliphatic rings. The van der Waals surface area contributed by atoms with E-state index in [-0.39, 0.29) is 0 Å². The van der Waals surface area contributed by atoms with E-state index in [1.807, 2.05) is 42.5 Å². The van der Waals surface area contributed by atoms with Gasteiger partial charge >= 0.3 is 8.80 Å². The van der Waals surface area contributed by atoms with Crippen LogP contribution in [-0.4, -0.2) is 28.6 Å². The van der Waals surface area contributed by atoms with Crippen LogP contribution < -0.4 is 0 Å². The molecular formula is C17H28O3Si. The molecular weight excluding hydrogens is 280 g/mol. The molecule has 0 bridgehead atoms. The molecule has 0 amide bonds. The highest BCUT2D eigenvalue weighted by atomic mass is 28.4. The fourth-order valence-corrected chi connectivity index (χ4v) is 4.62. The van der Waals surface area contributed by atoms with Crippen LogP contribution in [0.5, 0.6) is 0 Å². The van der Waals surface area contributed by atoms with E-state index in [9.17, 15) is 0 Å². The molecule has 3 nitrogen and oxygen atoms in total. The van der Waals surface area contributed by atoms with Gasteiger partial charge in [0.05, 0.1) is 0 Å². The Kier molecular flexibility index (Phi) is 9.26. The summed E-state index contributed by atoms with van der Waals surface area (Å²) in [4.78, 5) is 0. The second kappa shape index (κ2) is 10.7. The van der Waals surface area contributed by atoms with Crippen molar-refractivity contribution >= 4 is 8.80 Å². The molecule has 1 rings (SSSR count). The van der Waals surface area contributed by atoms with E-state index in [1.165, 1.54) is 0 Å². The topological polar surface area (TPSA) is 27.7 Å². The molecule has 0 spiro atoms. The highest BCUT2D eigenvalue weighted by Gasteiger charge is 2.44. The molecule has 0 aromatic rings. The Balaban J connectivity index is 3.04. The summed E-state index contributed by atoms with van der Waals surface area (Å²) in [6, 6.07) is 0. The van der Waals surface area contributed by atoms with Gasteiger partial charge in [-0.2, -0.15) is 0 Å². The van der Waals surface area contributed by atoms with Crippen LogP contribution in [0.25, 0.3) is 0 Å². The van der Waals surface area contributed by atoms with Crippen molar-refractivity contribution in [3.05, 3.63) is 47.7 Å². The van der Waals surface area contributed by atoms with Crippen molar-refractivity contribution in [3.8, 4) is 0 Å². The van der Waals surface area contributed by atoms with Crippen LogP contribution in [0.15, 0.2) is 47.7 Å². The van der Waals surface area contributed by atoms with E-state index in [2.05, 4.69) is 20.8 Å². The molecule has 21 heavy (non-hydrogen) atoms. The fourth-order valence-electron chi connectivity index (χ4n) is 1.85. The standard InChI is InChI=1S/C17H28O3Si/c1-4-14-18-21(19-15-5-2,20-16-6-3)17-12-10-8-7-9-11-13-17/h7-13H,4-6,14-16H2,1-3H3/b8-7-,9-7?,10-8?,11-9-,12-10-,13-11?,17-12?,17-13+. The zero-order valence-electron chi connectivity index (χ0n) is 13.5. The highest BCUT2D eigenvalue weighted by molar-refractivity contribution is 6.69. The summed E-state index contributed by atoms with van der Waals surface area (Å²) in [5, 5.41) is 1.03. The van der Waals surface area contributed by atoms with E-state index in [0.29, 0.717) is 19.8 Å². The van der Waals surface area contributed by atoms with Gasteiger partial charge in [-0.25, -0.2) is 0 Å². The first-order valence-electron chi connectivity index (χ1n) is 7.93. The van der Waals surface area contributed by atoms with Crippen LogP contribution in [0.1, 0.15) is 40.0 Å². The van der Waals surface area contributed by atoms with Gasteiger partial charge in [0.15, 0.2) is 0 Å². The van der Waals surface area contributed by atoms with Crippen molar-refractivity contribution in [1.82, 2.24) is 0 Å². The maximum atomic E-state index is 6.14. The Morgan fingerprint density at radius 3 is 1.71 bits per heavy atom. The first-order chi connectivity index (χ1) is 10.3. The van der Waals surface area contributed by atoms with Gasteiger partial charge in [-0.1, -0.05) is 63.3 Å². The quantitative estimate of drug-likeness (QED) is 0.561. The molecule has 0 aromatic heterocycles. The van der Waals surface area contributed by atoms with Gasteiger partial charge < -0.3 is 13.3 Å². The average molecular weight is 308 g/mol.